The van der Waals surface area contributed by atoms with E-state index in [4.69, 9.17) is 12.2 Å². The number of nitrogens with zero attached hydrogens (tertiary/aromatic N) is 4. The molecule has 2 heterocycles. The summed E-state index contributed by atoms with van der Waals surface area (Å²) in [5.74, 6) is 0. The minimum atomic E-state index is 0.600. The quantitative estimate of drug-likeness (QED) is 0.568. The second kappa shape index (κ2) is 2.38. The Morgan fingerprint density at radius 3 is 2.50 bits per heavy atom. The van der Waals surface area contributed by atoms with E-state index in [1.54, 1.807) is 12.7 Å². The molecule has 0 aliphatic rings. The zero-order valence-corrected chi connectivity index (χ0v) is 7.67. The fourth-order valence-electron chi connectivity index (χ4n) is 1.18. The van der Waals surface area contributed by atoms with Crippen LogP contribution in [0.5, 0.6) is 0 Å². The van der Waals surface area contributed by atoms with Crippen molar-refractivity contribution < 1.29 is 0 Å². The van der Waals surface area contributed by atoms with Crippen LogP contribution in [0.15, 0.2) is 12.7 Å². The summed E-state index contributed by atoms with van der Waals surface area (Å²) in [5, 5.41) is 0. The van der Waals surface area contributed by atoms with Crippen LogP contribution in [-0.2, 0) is 14.1 Å². The minimum Gasteiger partial charge on any atom is -0.330 e. The normalized spacial score (nSPS) is 10.8. The van der Waals surface area contributed by atoms with Crippen LogP contribution in [0.3, 0.4) is 0 Å². The van der Waals surface area contributed by atoms with Crippen molar-refractivity contribution in [2.45, 2.75) is 0 Å². The lowest BCUT2D eigenvalue weighted by Gasteiger charge is -1.98. The first kappa shape index (κ1) is 7.42. The SMILES string of the molecule is Cn1cnc(=S)c2c1ncn2C. The summed E-state index contributed by atoms with van der Waals surface area (Å²) in [6.45, 7) is 0. The molecule has 0 amide bonds. The van der Waals surface area contributed by atoms with Crippen LogP contribution >= 0.6 is 12.2 Å². The van der Waals surface area contributed by atoms with Crippen LogP contribution < -0.4 is 0 Å². The average molecular weight is 180 g/mol. The molecular weight excluding hydrogens is 172 g/mol. The van der Waals surface area contributed by atoms with Crippen LogP contribution in [0, 0.1) is 4.64 Å². The molecule has 0 radical (unpaired) electrons. The van der Waals surface area contributed by atoms with E-state index < -0.39 is 0 Å². The molecule has 0 bridgehead atoms. The predicted octanol–water partition coefficient (Wildman–Crippen LogP) is 1.04. The Hall–Kier alpha value is -1.23. The molecule has 0 fully saturated rings. The molecule has 12 heavy (non-hydrogen) atoms. The van der Waals surface area contributed by atoms with Crippen LogP contribution in [-0.4, -0.2) is 19.1 Å². The molecule has 2 rings (SSSR count). The number of hydrogen-bond donors (Lipinski definition) is 0. The maximum atomic E-state index is 5.07. The van der Waals surface area contributed by atoms with Crippen molar-refractivity contribution in [2.75, 3.05) is 0 Å². The highest BCUT2D eigenvalue weighted by Crippen LogP contribution is 2.09. The first-order valence-electron chi connectivity index (χ1n) is 3.53. The molecule has 2 aromatic heterocycles. The number of aryl methyl sites for hydroxylation is 2. The van der Waals surface area contributed by atoms with Gasteiger partial charge in [-0.3, -0.25) is 0 Å². The van der Waals surface area contributed by atoms with E-state index in [2.05, 4.69) is 9.97 Å². The summed E-state index contributed by atoms with van der Waals surface area (Å²) >= 11 is 5.07. The van der Waals surface area contributed by atoms with Crippen molar-refractivity contribution in [3.05, 3.63) is 17.3 Å². The molecule has 0 unspecified atom stereocenters. The number of fused-ring (bicyclic) bond motifs is 1. The Kier molecular flexibility index (Phi) is 1.47. The lowest BCUT2D eigenvalue weighted by atomic mass is 10.5. The van der Waals surface area contributed by atoms with Crippen LogP contribution in [0.25, 0.3) is 11.2 Å². The maximum absolute atomic E-state index is 5.07. The molecule has 62 valence electrons. The highest BCUT2D eigenvalue weighted by Gasteiger charge is 2.03. The Labute approximate surface area is 74.5 Å². The zero-order valence-electron chi connectivity index (χ0n) is 6.85. The van der Waals surface area contributed by atoms with Crippen molar-refractivity contribution in [2.24, 2.45) is 14.1 Å². The molecule has 0 aliphatic heterocycles. The van der Waals surface area contributed by atoms with E-state index in [-0.39, 0.29) is 0 Å². The Balaban J connectivity index is 3.09. The lowest BCUT2D eigenvalue weighted by Crippen LogP contribution is -1.96. The van der Waals surface area contributed by atoms with Gasteiger partial charge in [-0.25, -0.2) is 9.97 Å². The van der Waals surface area contributed by atoms with Crippen molar-refractivity contribution in [3.8, 4) is 0 Å². The molecule has 0 N–H and O–H groups in total. The molecule has 0 spiro atoms. The largest absolute Gasteiger partial charge is 0.330 e. The van der Waals surface area contributed by atoms with Gasteiger partial charge in [-0.15, -0.1) is 0 Å². The van der Waals surface area contributed by atoms with Crippen molar-refractivity contribution in [3.63, 3.8) is 0 Å². The third kappa shape index (κ3) is 0.863. The third-order valence-corrected chi connectivity index (χ3v) is 2.10. The fourth-order valence-corrected chi connectivity index (χ4v) is 1.46. The van der Waals surface area contributed by atoms with Gasteiger partial charge in [0.05, 0.1) is 12.7 Å². The highest BCUT2D eigenvalue weighted by atomic mass is 32.1. The average Bonchev–Trinajstić information content (AvgIpc) is 2.42. The molecule has 0 aromatic carbocycles. The topological polar surface area (TPSA) is 35.6 Å². The first-order valence-corrected chi connectivity index (χ1v) is 3.93. The van der Waals surface area contributed by atoms with Gasteiger partial charge in [0.1, 0.15) is 5.52 Å². The number of imidazole rings is 1. The summed E-state index contributed by atoms with van der Waals surface area (Å²) in [7, 11) is 3.81. The second-order valence-electron chi connectivity index (χ2n) is 2.69. The smallest absolute Gasteiger partial charge is 0.162 e. The second-order valence-corrected chi connectivity index (χ2v) is 3.08. The van der Waals surface area contributed by atoms with Crippen molar-refractivity contribution >= 4 is 23.4 Å². The molecule has 0 atom stereocenters. The van der Waals surface area contributed by atoms with Gasteiger partial charge >= 0.3 is 0 Å². The molecule has 4 nitrogen and oxygen atoms in total. The molecule has 0 saturated heterocycles. The van der Waals surface area contributed by atoms with Gasteiger partial charge in [0, 0.05) is 14.1 Å². The van der Waals surface area contributed by atoms with Crippen molar-refractivity contribution in [1.29, 1.82) is 0 Å². The van der Waals surface area contributed by atoms with E-state index in [0.29, 0.717) is 4.64 Å². The number of aromatic nitrogens is 4. The van der Waals surface area contributed by atoms with Crippen molar-refractivity contribution in [1.82, 2.24) is 19.1 Å². The lowest BCUT2D eigenvalue weighted by molar-refractivity contribution is 0.890. The summed E-state index contributed by atoms with van der Waals surface area (Å²) < 4.78 is 4.33. The third-order valence-electron chi connectivity index (χ3n) is 1.80. The minimum absolute atomic E-state index is 0.600. The van der Waals surface area contributed by atoms with E-state index in [9.17, 15) is 0 Å². The van der Waals surface area contributed by atoms with Gasteiger partial charge in [-0.1, -0.05) is 12.2 Å². The maximum Gasteiger partial charge on any atom is 0.162 e. The van der Waals surface area contributed by atoms with E-state index >= 15 is 0 Å². The van der Waals surface area contributed by atoms with Gasteiger partial charge in [-0.05, 0) is 0 Å². The van der Waals surface area contributed by atoms with Gasteiger partial charge in [0.15, 0.2) is 10.3 Å². The Morgan fingerprint density at radius 1 is 1.17 bits per heavy atom. The van der Waals surface area contributed by atoms with Crippen LogP contribution in [0.4, 0.5) is 0 Å². The van der Waals surface area contributed by atoms with Gasteiger partial charge < -0.3 is 9.13 Å². The fraction of sp³-hybridized carbons (Fsp3) is 0.286. The predicted molar refractivity (Wildman–Crippen MR) is 48.3 cm³/mol. The molecule has 0 saturated carbocycles. The van der Waals surface area contributed by atoms with Crippen LogP contribution in [0.1, 0.15) is 0 Å². The van der Waals surface area contributed by atoms with E-state index in [0.717, 1.165) is 11.2 Å². The van der Waals surface area contributed by atoms with Crippen LogP contribution in [0.2, 0.25) is 0 Å². The molecule has 2 aromatic rings. The molecule has 5 heteroatoms. The Bertz CT molecular complexity index is 482. The standard InChI is InChI=1S/C7H8N4S/c1-10-3-8-6-5(10)7(12)9-4-11(6)2/h3-4H,1-2H3. The van der Waals surface area contributed by atoms with Gasteiger partial charge in [-0.2, -0.15) is 0 Å². The monoisotopic (exact) mass is 180 g/mol. The Morgan fingerprint density at radius 2 is 1.83 bits per heavy atom. The number of rotatable bonds is 0. The molecule has 0 aliphatic carbocycles. The summed E-state index contributed by atoms with van der Waals surface area (Å²) in [5.41, 5.74) is 1.78. The van der Waals surface area contributed by atoms with E-state index in [1.165, 1.54) is 0 Å². The highest BCUT2D eigenvalue weighted by molar-refractivity contribution is 7.71. The molecular formula is C7H8N4S. The summed E-state index contributed by atoms with van der Waals surface area (Å²) in [6.07, 6.45) is 3.42. The zero-order chi connectivity index (χ0) is 8.72. The van der Waals surface area contributed by atoms with Gasteiger partial charge in [0.25, 0.3) is 0 Å². The summed E-state index contributed by atoms with van der Waals surface area (Å²) in [4.78, 5) is 8.25. The number of hydrogen-bond acceptors (Lipinski definition) is 3. The summed E-state index contributed by atoms with van der Waals surface area (Å²) in [6, 6.07) is 0. The van der Waals surface area contributed by atoms with Gasteiger partial charge in [0.2, 0.25) is 0 Å². The van der Waals surface area contributed by atoms with E-state index in [1.807, 2.05) is 23.2 Å². The first-order chi connectivity index (χ1) is 5.70.